The number of aromatic carboxylic acids is 1. The zero-order valence-corrected chi connectivity index (χ0v) is 12.0. The van der Waals surface area contributed by atoms with Crippen LogP contribution >= 0.6 is 0 Å². The Morgan fingerprint density at radius 3 is 2.95 bits per heavy atom. The van der Waals surface area contributed by atoms with Crippen molar-refractivity contribution in [2.75, 3.05) is 26.2 Å². The highest BCUT2D eigenvalue weighted by Crippen LogP contribution is 2.23. The van der Waals surface area contributed by atoms with Gasteiger partial charge in [0.2, 0.25) is 5.76 Å². The molecule has 2 aliphatic heterocycles. The van der Waals surface area contributed by atoms with Crippen LogP contribution in [0.3, 0.4) is 0 Å². The number of fused-ring (bicyclic) bond motifs is 1. The molecule has 3 rings (SSSR count). The second kappa shape index (κ2) is 5.58. The molecule has 2 aliphatic rings. The van der Waals surface area contributed by atoms with E-state index in [1.165, 1.54) is 32.4 Å². The summed E-state index contributed by atoms with van der Waals surface area (Å²) in [5, 5.41) is 8.98. The molecule has 0 spiro atoms. The van der Waals surface area contributed by atoms with E-state index in [2.05, 4.69) is 9.80 Å². The second-order valence-electron chi connectivity index (χ2n) is 5.92. The van der Waals surface area contributed by atoms with E-state index in [4.69, 9.17) is 9.52 Å². The Kier molecular flexibility index (Phi) is 3.81. The van der Waals surface area contributed by atoms with Crippen LogP contribution < -0.4 is 0 Å². The van der Waals surface area contributed by atoms with Crippen molar-refractivity contribution in [3.05, 3.63) is 23.2 Å². The zero-order valence-electron chi connectivity index (χ0n) is 12.0. The molecule has 5 nitrogen and oxygen atoms in total. The predicted octanol–water partition coefficient (Wildman–Crippen LogP) is 1.96. The summed E-state index contributed by atoms with van der Waals surface area (Å²) in [5.41, 5.74) is 1.01. The Morgan fingerprint density at radius 2 is 2.20 bits per heavy atom. The van der Waals surface area contributed by atoms with Gasteiger partial charge in [0, 0.05) is 24.7 Å². The fraction of sp³-hybridized carbons (Fsp3) is 0.667. The monoisotopic (exact) mass is 278 g/mol. The predicted molar refractivity (Wildman–Crippen MR) is 74.9 cm³/mol. The lowest BCUT2D eigenvalue weighted by Gasteiger charge is -2.25. The number of carboxylic acid groups (broad SMARTS) is 1. The van der Waals surface area contributed by atoms with Crippen molar-refractivity contribution in [1.82, 2.24) is 9.80 Å². The largest absolute Gasteiger partial charge is 0.475 e. The van der Waals surface area contributed by atoms with Crippen molar-refractivity contribution in [2.24, 2.45) is 0 Å². The summed E-state index contributed by atoms with van der Waals surface area (Å²) in [5.74, 6) is -0.207. The SMILES string of the molecule is Cc1oc(C(=O)O)cc1CN1CCCN2CCCC2C1. The van der Waals surface area contributed by atoms with Gasteiger partial charge in [0.25, 0.3) is 0 Å². The van der Waals surface area contributed by atoms with Crippen molar-refractivity contribution >= 4 is 5.97 Å². The molecule has 0 radical (unpaired) electrons. The van der Waals surface area contributed by atoms with Gasteiger partial charge in [-0.25, -0.2) is 4.79 Å². The third-order valence-corrected chi connectivity index (χ3v) is 4.51. The van der Waals surface area contributed by atoms with Crippen molar-refractivity contribution in [1.29, 1.82) is 0 Å². The van der Waals surface area contributed by atoms with E-state index in [1.54, 1.807) is 6.07 Å². The molecule has 2 saturated heterocycles. The Labute approximate surface area is 119 Å². The lowest BCUT2D eigenvalue weighted by molar-refractivity contribution is 0.0661. The van der Waals surface area contributed by atoms with Gasteiger partial charge in [-0.05, 0) is 51.9 Å². The average molecular weight is 278 g/mol. The van der Waals surface area contributed by atoms with Gasteiger partial charge in [-0.15, -0.1) is 0 Å². The van der Waals surface area contributed by atoms with Crippen LogP contribution in [0.4, 0.5) is 0 Å². The van der Waals surface area contributed by atoms with E-state index in [0.717, 1.165) is 31.0 Å². The molecule has 0 saturated carbocycles. The molecule has 1 unspecified atom stereocenters. The van der Waals surface area contributed by atoms with Crippen LogP contribution in [0.5, 0.6) is 0 Å². The zero-order chi connectivity index (χ0) is 14.1. The smallest absolute Gasteiger partial charge is 0.371 e. The number of hydrogen-bond donors (Lipinski definition) is 1. The first kappa shape index (κ1) is 13.6. The molecule has 0 aromatic carbocycles. The van der Waals surface area contributed by atoms with Gasteiger partial charge in [-0.1, -0.05) is 0 Å². The Morgan fingerprint density at radius 1 is 1.40 bits per heavy atom. The summed E-state index contributed by atoms with van der Waals surface area (Å²) >= 11 is 0. The van der Waals surface area contributed by atoms with Gasteiger partial charge in [0.15, 0.2) is 0 Å². The minimum Gasteiger partial charge on any atom is -0.475 e. The maximum absolute atomic E-state index is 10.9. The van der Waals surface area contributed by atoms with Gasteiger partial charge in [0.1, 0.15) is 5.76 Å². The number of carbonyl (C=O) groups is 1. The van der Waals surface area contributed by atoms with Crippen LogP contribution in [0.2, 0.25) is 0 Å². The van der Waals surface area contributed by atoms with E-state index >= 15 is 0 Å². The highest BCUT2D eigenvalue weighted by Gasteiger charge is 2.29. The van der Waals surface area contributed by atoms with Gasteiger partial charge in [-0.2, -0.15) is 0 Å². The first-order valence-corrected chi connectivity index (χ1v) is 7.42. The standard InChI is InChI=1S/C15H22N2O3/c1-11-12(8-14(20-11)15(18)19)9-16-5-3-7-17-6-2-4-13(17)10-16/h8,13H,2-7,9-10H2,1H3,(H,18,19). The van der Waals surface area contributed by atoms with Crippen LogP contribution in [0.25, 0.3) is 0 Å². The Bertz CT molecular complexity index is 497. The molecule has 110 valence electrons. The number of carboxylic acids is 1. The Balaban J connectivity index is 1.69. The molecular weight excluding hydrogens is 256 g/mol. The van der Waals surface area contributed by atoms with Crippen molar-refractivity contribution in [2.45, 2.75) is 38.8 Å². The molecule has 0 bridgehead atoms. The minimum atomic E-state index is -0.989. The quantitative estimate of drug-likeness (QED) is 0.916. The van der Waals surface area contributed by atoms with Crippen molar-refractivity contribution in [3.8, 4) is 0 Å². The molecule has 1 aromatic rings. The normalized spacial score (nSPS) is 24.6. The average Bonchev–Trinajstić information content (AvgIpc) is 2.93. The summed E-state index contributed by atoms with van der Waals surface area (Å²) in [4.78, 5) is 16.0. The minimum absolute atomic E-state index is 0.0508. The topological polar surface area (TPSA) is 56.9 Å². The molecule has 1 aromatic heterocycles. The molecule has 1 N–H and O–H groups in total. The molecule has 20 heavy (non-hydrogen) atoms. The number of aryl methyl sites for hydroxylation is 1. The maximum Gasteiger partial charge on any atom is 0.371 e. The molecule has 3 heterocycles. The van der Waals surface area contributed by atoms with E-state index in [1.807, 2.05) is 6.92 Å². The summed E-state index contributed by atoms with van der Waals surface area (Å²) < 4.78 is 5.30. The van der Waals surface area contributed by atoms with Crippen LogP contribution in [0.1, 0.15) is 41.1 Å². The lowest BCUT2D eigenvalue weighted by Crippen LogP contribution is -2.36. The van der Waals surface area contributed by atoms with Crippen LogP contribution in [0, 0.1) is 6.92 Å². The first-order chi connectivity index (χ1) is 9.63. The molecule has 0 aliphatic carbocycles. The van der Waals surface area contributed by atoms with E-state index in [0.29, 0.717) is 6.04 Å². The summed E-state index contributed by atoms with van der Waals surface area (Å²) in [6.07, 6.45) is 3.80. The first-order valence-electron chi connectivity index (χ1n) is 7.42. The number of rotatable bonds is 3. The van der Waals surface area contributed by atoms with Gasteiger partial charge < -0.3 is 9.52 Å². The van der Waals surface area contributed by atoms with Crippen molar-refractivity contribution < 1.29 is 14.3 Å². The maximum atomic E-state index is 10.9. The van der Waals surface area contributed by atoms with Gasteiger partial charge in [0.05, 0.1) is 0 Å². The van der Waals surface area contributed by atoms with E-state index in [-0.39, 0.29) is 5.76 Å². The van der Waals surface area contributed by atoms with Gasteiger partial charge >= 0.3 is 5.97 Å². The number of nitrogens with zero attached hydrogens (tertiary/aromatic N) is 2. The van der Waals surface area contributed by atoms with E-state index in [9.17, 15) is 4.79 Å². The molecule has 0 amide bonds. The Hall–Kier alpha value is -1.33. The lowest BCUT2D eigenvalue weighted by atomic mass is 10.2. The number of hydrogen-bond acceptors (Lipinski definition) is 4. The van der Waals surface area contributed by atoms with Gasteiger partial charge in [-0.3, -0.25) is 9.80 Å². The summed E-state index contributed by atoms with van der Waals surface area (Å²) in [6, 6.07) is 2.36. The highest BCUT2D eigenvalue weighted by atomic mass is 16.4. The molecule has 2 fully saturated rings. The third kappa shape index (κ3) is 2.74. The number of furan rings is 1. The van der Waals surface area contributed by atoms with E-state index < -0.39 is 5.97 Å². The van der Waals surface area contributed by atoms with Crippen LogP contribution in [-0.2, 0) is 6.54 Å². The highest BCUT2D eigenvalue weighted by molar-refractivity contribution is 5.84. The fourth-order valence-corrected chi connectivity index (χ4v) is 3.45. The van der Waals surface area contributed by atoms with Crippen molar-refractivity contribution in [3.63, 3.8) is 0 Å². The molecule has 1 atom stereocenters. The molecular formula is C15H22N2O3. The molecule has 5 heteroatoms. The third-order valence-electron chi connectivity index (χ3n) is 4.51. The summed E-state index contributed by atoms with van der Waals surface area (Å²) in [6.45, 7) is 7.26. The fourth-order valence-electron chi connectivity index (χ4n) is 3.45. The second-order valence-corrected chi connectivity index (χ2v) is 5.92. The summed E-state index contributed by atoms with van der Waals surface area (Å²) in [7, 11) is 0. The van der Waals surface area contributed by atoms with Crippen LogP contribution in [0.15, 0.2) is 10.5 Å². The van der Waals surface area contributed by atoms with Crippen LogP contribution in [-0.4, -0.2) is 53.1 Å².